The summed E-state index contributed by atoms with van der Waals surface area (Å²) in [6.07, 6.45) is 3.11. The normalized spacial score (nSPS) is 16.2. The van der Waals surface area contributed by atoms with Crippen molar-refractivity contribution >= 4 is 17.7 Å². The van der Waals surface area contributed by atoms with E-state index >= 15 is 0 Å². The fraction of sp³-hybridized carbons (Fsp3) is 0.591. The van der Waals surface area contributed by atoms with Gasteiger partial charge in [-0.15, -0.1) is 10.2 Å². The molecule has 170 valence electrons. The Morgan fingerprint density at radius 1 is 1.32 bits per heavy atom. The molecule has 9 heteroatoms. The van der Waals surface area contributed by atoms with Crippen LogP contribution in [0.5, 0.6) is 0 Å². The molecular formula is C22H31FN4O3S. The summed E-state index contributed by atoms with van der Waals surface area (Å²) in [7, 11) is 0. The number of carbonyl (C=O) groups excluding carboxylic acids is 1. The van der Waals surface area contributed by atoms with Gasteiger partial charge in [0.2, 0.25) is 5.91 Å². The van der Waals surface area contributed by atoms with E-state index in [2.05, 4.69) is 29.4 Å². The van der Waals surface area contributed by atoms with Crippen LogP contribution in [0.1, 0.15) is 33.1 Å². The lowest BCUT2D eigenvalue weighted by atomic mass is 10.1. The van der Waals surface area contributed by atoms with Crippen molar-refractivity contribution in [3.05, 3.63) is 30.1 Å². The van der Waals surface area contributed by atoms with Gasteiger partial charge in [-0.05, 0) is 49.4 Å². The third-order valence-corrected chi connectivity index (χ3v) is 5.94. The SMILES string of the molecule is CC(C)CCOCCNC(=O)CSc1nnc(-c2ccc(F)cc2)n1CC1CCCO1. The molecule has 1 aliphatic heterocycles. The molecule has 1 saturated heterocycles. The average molecular weight is 451 g/mol. The number of halogens is 1. The van der Waals surface area contributed by atoms with E-state index in [0.29, 0.717) is 43.2 Å². The van der Waals surface area contributed by atoms with Crippen LogP contribution in [-0.2, 0) is 20.8 Å². The molecule has 2 aromatic rings. The first kappa shape index (κ1) is 23.7. The zero-order valence-electron chi connectivity index (χ0n) is 18.2. The number of nitrogens with one attached hydrogen (secondary N) is 1. The Balaban J connectivity index is 1.56. The second kappa shape index (κ2) is 12.2. The maximum Gasteiger partial charge on any atom is 0.230 e. The van der Waals surface area contributed by atoms with Gasteiger partial charge in [-0.1, -0.05) is 25.6 Å². The van der Waals surface area contributed by atoms with Crippen LogP contribution < -0.4 is 5.32 Å². The fourth-order valence-corrected chi connectivity index (χ4v) is 4.01. The summed E-state index contributed by atoms with van der Waals surface area (Å²) in [6, 6.07) is 6.19. The summed E-state index contributed by atoms with van der Waals surface area (Å²) in [5.74, 6) is 1.12. The predicted molar refractivity (Wildman–Crippen MR) is 118 cm³/mol. The zero-order valence-corrected chi connectivity index (χ0v) is 19.0. The van der Waals surface area contributed by atoms with Gasteiger partial charge >= 0.3 is 0 Å². The summed E-state index contributed by atoms with van der Waals surface area (Å²) in [4.78, 5) is 12.2. The van der Waals surface area contributed by atoms with Crippen LogP contribution in [0.2, 0.25) is 0 Å². The van der Waals surface area contributed by atoms with E-state index in [1.165, 1.54) is 23.9 Å². The topological polar surface area (TPSA) is 78.3 Å². The molecule has 0 aliphatic carbocycles. The van der Waals surface area contributed by atoms with Gasteiger partial charge in [0.15, 0.2) is 11.0 Å². The van der Waals surface area contributed by atoms with Crippen LogP contribution in [0.3, 0.4) is 0 Å². The Morgan fingerprint density at radius 2 is 2.13 bits per heavy atom. The van der Waals surface area contributed by atoms with E-state index in [-0.39, 0.29) is 23.6 Å². The molecule has 1 amide bonds. The van der Waals surface area contributed by atoms with Gasteiger partial charge in [-0.25, -0.2) is 4.39 Å². The van der Waals surface area contributed by atoms with E-state index in [9.17, 15) is 9.18 Å². The molecule has 0 saturated carbocycles. The summed E-state index contributed by atoms with van der Waals surface area (Å²) in [6.45, 7) is 7.37. The molecule has 1 fully saturated rings. The lowest BCUT2D eigenvalue weighted by Gasteiger charge is -2.14. The number of thioether (sulfide) groups is 1. The van der Waals surface area contributed by atoms with Gasteiger partial charge in [0.1, 0.15) is 5.82 Å². The Morgan fingerprint density at radius 3 is 2.84 bits per heavy atom. The summed E-state index contributed by atoms with van der Waals surface area (Å²) in [5.41, 5.74) is 0.779. The lowest BCUT2D eigenvalue weighted by Crippen LogP contribution is -2.29. The lowest BCUT2D eigenvalue weighted by molar-refractivity contribution is -0.118. The third-order valence-electron chi connectivity index (χ3n) is 4.97. The summed E-state index contributed by atoms with van der Waals surface area (Å²) < 4.78 is 26.6. The van der Waals surface area contributed by atoms with Gasteiger partial charge in [-0.2, -0.15) is 0 Å². The standard InChI is InChI=1S/C22H31FN4O3S/c1-16(2)9-12-29-13-10-24-20(28)15-31-22-26-25-21(17-5-7-18(23)8-6-17)27(22)14-19-4-3-11-30-19/h5-8,16,19H,3-4,9-15H2,1-2H3,(H,24,28). The van der Waals surface area contributed by atoms with Crippen molar-refractivity contribution in [2.45, 2.75) is 50.9 Å². The fourth-order valence-electron chi connectivity index (χ4n) is 3.23. The Hall–Kier alpha value is -1.97. The highest BCUT2D eigenvalue weighted by atomic mass is 32.2. The van der Waals surface area contributed by atoms with Gasteiger partial charge in [0.25, 0.3) is 0 Å². The number of amides is 1. The molecular weight excluding hydrogens is 419 g/mol. The van der Waals surface area contributed by atoms with Crippen molar-refractivity contribution in [3.8, 4) is 11.4 Å². The second-order valence-electron chi connectivity index (χ2n) is 7.99. The van der Waals surface area contributed by atoms with Crippen LogP contribution in [-0.4, -0.2) is 58.9 Å². The molecule has 1 aromatic heterocycles. The highest BCUT2D eigenvalue weighted by Gasteiger charge is 2.22. The van der Waals surface area contributed by atoms with E-state index in [0.717, 1.165) is 31.4 Å². The maximum atomic E-state index is 13.3. The van der Waals surface area contributed by atoms with Crippen LogP contribution >= 0.6 is 11.8 Å². The molecule has 0 bridgehead atoms. The van der Waals surface area contributed by atoms with Crippen molar-refractivity contribution in [1.29, 1.82) is 0 Å². The third kappa shape index (κ3) is 7.59. The van der Waals surface area contributed by atoms with Gasteiger partial charge in [-0.3, -0.25) is 9.36 Å². The van der Waals surface area contributed by atoms with Crippen molar-refractivity contribution < 1.29 is 18.7 Å². The predicted octanol–water partition coefficient (Wildman–Crippen LogP) is 3.53. The highest BCUT2D eigenvalue weighted by molar-refractivity contribution is 7.99. The number of nitrogens with zero attached hydrogens (tertiary/aromatic N) is 3. The van der Waals surface area contributed by atoms with E-state index in [1.807, 2.05) is 4.57 Å². The van der Waals surface area contributed by atoms with Crippen LogP contribution in [0.25, 0.3) is 11.4 Å². The van der Waals surface area contributed by atoms with Crippen LogP contribution in [0, 0.1) is 11.7 Å². The number of rotatable bonds is 12. The number of hydrogen-bond acceptors (Lipinski definition) is 6. The second-order valence-corrected chi connectivity index (χ2v) is 8.93. The molecule has 31 heavy (non-hydrogen) atoms. The van der Waals surface area contributed by atoms with Crippen molar-refractivity contribution in [1.82, 2.24) is 20.1 Å². The van der Waals surface area contributed by atoms with E-state index < -0.39 is 0 Å². The minimum Gasteiger partial charge on any atom is -0.380 e. The minimum atomic E-state index is -0.298. The summed E-state index contributed by atoms with van der Waals surface area (Å²) >= 11 is 1.34. The summed E-state index contributed by atoms with van der Waals surface area (Å²) in [5, 5.41) is 12.1. The van der Waals surface area contributed by atoms with Crippen molar-refractivity contribution in [3.63, 3.8) is 0 Å². The highest BCUT2D eigenvalue weighted by Crippen LogP contribution is 2.26. The Kier molecular flexibility index (Phi) is 9.30. The molecule has 2 heterocycles. The molecule has 1 unspecified atom stereocenters. The molecule has 1 atom stereocenters. The quantitative estimate of drug-likeness (QED) is 0.394. The smallest absolute Gasteiger partial charge is 0.230 e. The molecule has 0 radical (unpaired) electrons. The number of carbonyl (C=O) groups is 1. The number of hydrogen-bond donors (Lipinski definition) is 1. The molecule has 1 N–H and O–H groups in total. The maximum absolute atomic E-state index is 13.3. The molecule has 1 aromatic carbocycles. The first-order chi connectivity index (χ1) is 15.0. The minimum absolute atomic E-state index is 0.0764. The zero-order chi connectivity index (χ0) is 22.1. The van der Waals surface area contributed by atoms with Crippen LogP contribution in [0.4, 0.5) is 4.39 Å². The van der Waals surface area contributed by atoms with Crippen molar-refractivity contribution in [2.24, 2.45) is 5.92 Å². The largest absolute Gasteiger partial charge is 0.380 e. The van der Waals surface area contributed by atoms with E-state index in [1.54, 1.807) is 12.1 Å². The molecule has 1 aliphatic rings. The number of aromatic nitrogens is 3. The Bertz CT molecular complexity index is 823. The van der Waals surface area contributed by atoms with Crippen molar-refractivity contribution in [2.75, 3.05) is 32.1 Å². The first-order valence-corrected chi connectivity index (χ1v) is 11.8. The number of benzene rings is 1. The van der Waals surface area contributed by atoms with E-state index in [4.69, 9.17) is 9.47 Å². The Labute approximate surface area is 187 Å². The van der Waals surface area contributed by atoms with Gasteiger partial charge in [0, 0.05) is 25.3 Å². The molecule has 7 nitrogen and oxygen atoms in total. The molecule has 3 rings (SSSR count). The van der Waals surface area contributed by atoms with Gasteiger partial charge in [0.05, 0.1) is 25.0 Å². The molecule has 0 spiro atoms. The average Bonchev–Trinajstić information content (AvgIpc) is 3.40. The first-order valence-electron chi connectivity index (χ1n) is 10.8. The number of ether oxygens (including phenoxy) is 2. The monoisotopic (exact) mass is 450 g/mol. The van der Waals surface area contributed by atoms with Gasteiger partial charge < -0.3 is 14.8 Å². The van der Waals surface area contributed by atoms with Crippen LogP contribution in [0.15, 0.2) is 29.4 Å².